The van der Waals surface area contributed by atoms with Crippen molar-refractivity contribution >= 4 is 56.4 Å². The molecule has 0 aliphatic rings. The first kappa shape index (κ1) is 20.5. The molecule has 4 rings (SSSR count). The Labute approximate surface area is 185 Å². The lowest BCUT2D eigenvalue weighted by atomic mass is 10.2. The van der Waals surface area contributed by atoms with Crippen molar-refractivity contribution in [2.75, 3.05) is 25.3 Å². The Kier molecular flexibility index (Phi) is 6.12. The van der Waals surface area contributed by atoms with E-state index in [1.807, 2.05) is 24.3 Å². The third-order valence-corrected chi connectivity index (χ3v) is 6.62. The van der Waals surface area contributed by atoms with E-state index in [-0.39, 0.29) is 16.9 Å². The minimum atomic E-state index is -0.244. The predicted octanol–water partition coefficient (Wildman–Crippen LogP) is 5.35. The Morgan fingerprint density at radius 3 is 2.80 bits per heavy atom. The van der Waals surface area contributed by atoms with Gasteiger partial charge in [0.05, 0.1) is 30.7 Å². The Hall–Kier alpha value is -2.75. The number of anilines is 1. The van der Waals surface area contributed by atoms with Crippen molar-refractivity contribution < 1.29 is 18.7 Å². The number of rotatable bonds is 7. The number of amides is 1. The number of nitrogens with zero attached hydrogens (tertiary/aromatic N) is 2. The fraction of sp³-hybridized carbons (Fsp3) is 0.150. The standard InChI is InChI=1S/C20H16ClN3O4S2/c1-26-11-7-8-14(27-2)13(9-11)22-16(25)10-29-20-24-23-19(28-20)18-17(21)12-5-3-4-6-15(12)30-18/h3-9H,10H2,1-2H3,(H,22,25). The number of nitrogens with one attached hydrogen (secondary N) is 1. The maximum absolute atomic E-state index is 12.4. The molecule has 10 heteroatoms. The molecule has 0 radical (unpaired) electrons. The van der Waals surface area contributed by atoms with Crippen LogP contribution in [0.3, 0.4) is 0 Å². The van der Waals surface area contributed by atoms with E-state index in [9.17, 15) is 4.79 Å². The van der Waals surface area contributed by atoms with Gasteiger partial charge in [0.1, 0.15) is 16.4 Å². The molecule has 0 atom stereocenters. The second-order valence-electron chi connectivity index (χ2n) is 6.02. The van der Waals surface area contributed by atoms with Crippen molar-refractivity contribution in [1.82, 2.24) is 10.2 Å². The molecule has 0 fully saturated rings. The topological polar surface area (TPSA) is 86.5 Å². The van der Waals surface area contributed by atoms with Crippen LogP contribution in [0.25, 0.3) is 20.9 Å². The van der Waals surface area contributed by atoms with Gasteiger partial charge in [-0.1, -0.05) is 41.6 Å². The lowest BCUT2D eigenvalue weighted by Crippen LogP contribution is -2.14. The highest BCUT2D eigenvalue weighted by Crippen LogP contribution is 2.41. The molecule has 7 nitrogen and oxygen atoms in total. The Balaban J connectivity index is 1.43. The fourth-order valence-corrected chi connectivity index (χ4v) is 4.73. The van der Waals surface area contributed by atoms with Crippen molar-refractivity contribution in [2.24, 2.45) is 0 Å². The zero-order valence-corrected chi connectivity index (χ0v) is 18.4. The minimum absolute atomic E-state index is 0.0855. The number of carbonyl (C=O) groups is 1. The third kappa shape index (κ3) is 4.23. The lowest BCUT2D eigenvalue weighted by Gasteiger charge is -2.11. The number of carbonyl (C=O) groups excluding carboxylic acids is 1. The lowest BCUT2D eigenvalue weighted by molar-refractivity contribution is -0.113. The summed E-state index contributed by atoms with van der Waals surface area (Å²) in [5.74, 6) is 1.32. The number of aromatic nitrogens is 2. The molecule has 2 heterocycles. The fourth-order valence-electron chi connectivity index (χ4n) is 2.74. The van der Waals surface area contributed by atoms with Crippen molar-refractivity contribution in [3.05, 3.63) is 47.5 Å². The van der Waals surface area contributed by atoms with Gasteiger partial charge in [0.2, 0.25) is 5.91 Å². The molecule has 0 aliphatic carbocycles. The molecule has 30 heavy (non-hydrogen) atoms. The SMILES string of the molecule is COc1ccc(OC)c(NC(=O)CSc2nnc(-c3sc4ccccc4c3Cl)o2)c1. The Bertz CT molecular complexity index is 1210. The summed E-state index contributed by atoms with van der Waals surface area (Å²) < 4.78 is 17.2. The van der Waals surface area contributed by atoms with Crippen LogP contribution in [0.5, 0.6) is 11.5 Å². The van der Waals surface area contributed by atoms with Crippen LogP contribution in [-0.4, -0.2) is 36.1 Å². The smallest absolute Gasteiger partial charge is 0.277 e. The second kappa shape index (κ2) is 8.95. The van der Waals surface area contributed by atoms with Crippen LogP contribution in [-0.2, 0) is 4.79 Å². The van der Waals surface area contributed by atoms with Gasteiger partial charge in [-0.15, -0.1) is 21.5 Å². The maximum atomic E-state index is 12.4. The quantitative estimate of drug-likeness (QED) is 0.371. The summed E-state index contributed by atoms with van der Waals surface area (Å²) in [6, 6.07) is 13.0. The number of ether oxygens (including phenoxy) is 2. The zero-order valence-electron chi connectivity index (χ0n) is 16.0. The van der Waals surface area contributed by atoms with Crippen molar-refractivity contribution in [2.45, 2.75) is 5.22 Å². The van der Waals surface area contributed by atoms with Gasteiger partial charge in [-0.3, -0.25) is 4.79 Å². The molecular formula is C20H16ClN3O4S2. The highest BCUT2D eigenvalue weighted by atomic mass is 35.5. The number of methoxy groups -OCH3 is 2. The summed E-state index contributed by atoms with van der Waals surface area (Å²) >= 11 is 9.08. The van der Waals surface area contributed by atoms with Crippen molar-refractivity contribution in [3.8, 4) is 22.3 Å². The van der Waals surface area contributed by atoms with Crippen molar-refractivity contribution in [1.29, 1.82) is 0 Å². The van der Waals surface area contributed by atoms with Crippen LogP contribution in [0.1, 0.15) is 0 Å². The first-order chi connectivity index (χ1) is 14.6. The molecule has 1 N–H and O–H groups in total. The number of hydrogen-bond acceptors (Lipinski definition) is 8. The van der Waals surface area contributed by atoms with E-state index in [1.165, 1.54) is 18.4 Å². The van der Waals surface area contributed by atoms with Gasteiger partial charge in [-0.2, -0.15) is 0 Å². The normalized spacial score (nSPS) is 10.9. The average Bonchev–Trinajstić information content (AvgIpc) is 3.37. The first-order valence-corrected chi connectivity index (χ1v) is 10.9. The predicted molar refractivity (Wildman–Crippen MR) is 119 cm³/mol. The van der Waals surface area contributed by atoms with E-state index in [0.717, 1.165) is 21.8 Å². The average molecular weight is 462 g/mol. The van der Waals surface area contributed by atoms with Gasteiger partial charge >= 0.3 is 0 Å². The van der Waals surface area contributed by atoms with E-state index < -0.39 is 0 Å². The van der Waals surface area contributed by atoms with E-state index in [1.54, 1.807) is 25.3 Å². The number of benzene rings is 2. The highest BCUT2D eigenvalue weighted by molar-refractivity contribution is 7.99. The molecule has 0 bridgehead atoms. The monoisotopic (exact) mass is 461 g/mol. The number of halogens is 1. The van der Waals surface area contributed by atoms with Crippen LogP contribution in [0.4, 0.5) is 5.69 Å². The number of hydrogen-bond donors (Lipinski definition) is 1. The number of thiophene rings is 1. The van der Waals surface area contributed by atoms with E-state index in [0.29, 0.717) is 33.0 Å². The van der Waals surface area contributed by atoms with Gasteiger partial charge < -0.3 is 19.2 Å². The number of thioether (sulfide) groups is 1. The molecule has 0 saturated heterocycles. The van der Waals surface area contributed by atoms with Crippen LogP contribution in [0.15, 0.2) is 52.1 Å². The van der Waals surface area contributed by atoms with E-state index in [4.69, 9.17) is 25.5 Å². The summed E-state index contributed by atoms with van der Waals surface area (Å²) in [4.78, 5) is 13.1. The van der Waals surface area contributed by atoms with Gasteiger partial charge in [0.25, 0.3) is 11.1 Å². The molecule has 0 unspecified atom stereocenters. The van der Waals surface area contributed by atoms with E-state index in [2.05, 4.69) is 15.5 Å². The third-order valence-electron chi connectivity index (χ3n) is 4.14. The zero-order chi connectivity index (χ0) is 21.1. The molecule has 2 aromatic carbocycles. The van der Waals surface area contributed by atoms with E-state index >= 15 is 0 Å². The van der Waals surface area contributed by atoms with Crippen LogP contribution < -0.4 is 14.8 Å². The first-order valence-electron chi connectivity index (χ1n) is 8.74. The minimum Gasteiger partial charge on any atom is -0.497 e. The molecule has 1 amide bonds. The molecule has 0 spiro atoms. The van der Waals surface area contributed by atoms with Gasteiger partial charge in [-0.05, 0) is 18.2 Å². The summed E-state index contributed by atoms with van der Waals surface area (Å²) in [7, 11) is 3.09. The van der Waals surface area contributed by atoms with Crippen molar-refractivity contribution in [3.63, 3.8) is 0 Å². The van der Waals surface area contributed by atoms with Gasteiger partial charge in [0, 0.05) is 16.2 Å². The Morgan fingerprint density at radius 1 is 1.20 bits per heavy atom. The molecular weight excluding hydrogens is 446 g/mol. The second-order valence-corrected chi connectivity index (χ2v) is 8.37. The molecule has 0 aliphatic heterocycles. The maximum Gasteiger partial charge on any atom is 0.277 e. The summed E-state index contributed by atoms with van der Waals surface area (Å²) in [6.07, 6.45) is 0. The highest BCUT2D eigenvalue weighted by Gasteiger charge is 2.18. The molecule has 2 aromatic heterocycles. The van der Waals surface area contributed by atoms with Gasteiger partial charge in [0.15, 0.2) is 0 Å². The van der Waals surface area contributed by atoms with Crippen LogP contribution in [0.2, 0.25) is 5.02 Å². The Morgan fingerprint density at radius 2 is 2.03 bits per heavy atom. The van der Waals surface area contributed by atoms with Crippen LogP contribution >= 0.6 is 34.7 Å². The van der Waals surface area contributed by atoms with Crippen LogP contribution in [0, 0.1) is 0 Å². The summed E-state index contributed by atoms with van der Waals surface area (Å²) in [5, 5.41) is 12.7. The molecule has 0 saturated carbocycles. The number of fused-ring (bicyclic) bond motifs is 1. The summed E-state index contributed by atoms with van der Waals surface area (Å²) in [6.45, 7) is 0. The largest absolute Gasteiger partial charge is 0.497 e. The molecule has 4 aromatic rings. The molecule has 154 valence electrons. The summed E-state index contributed by atoms with van der Waals surface area (Å²) in [5.41, 5.74) is 0.519. The van der Waals surface area contributed by atoms with Gasteiger partial charge in [-0.25, -0.2) is 0 Å².